The molecule has 1 saturated carbocycles. The Morgan fingerprint density at radius 3 is 2.68 bits per heavy atom. The number of fused-ring (bicyclic) bond motifs is 1. The van der Waals surface area contributed by atoms with Crippen molar-refractivity contribution in [1.29, 1.82) is 0 Å². The number of H-pyrrole nitrogens is 1. The minimum Gasteiger partial charge on any atom is -0.478 e. The molecule has 1 aliphatic rings. The zero-order valence-corrected chi connectivity index (χ0v) is 10.6. The van der Waals surface area contributed by atoms with Crippen LogP contribution in [0.2, 0.25) is 0 Å². The first-order valence-corrected chi connectivity index (χ1v) is 6.64. The van der Waals surface area contributed by atoms with Crippen molar-refractivity contribution in [2.24, 2.45) is 0 Å². The van der Waals surface area contributed by atoms with Crippen molar-refractivity contribution in [3.8, 4) is 0 Å². The highest BCUT2D eigenvalue weighted by atomic mass is 16.4. The van der Waals surface area contributed by atoms with Crippen molar-refractivity contribution in [3.05, 3.63) is 34.2 Å². The summed E-state index contributed by atoms with van der Waals surface area (Å²) in [5, 5.41) is 9.05. The van der Waals surface area contributed by atoms with Crippen molar-refractivity contribution in [3.63, 3.8) is 0 Å². The van der Waals surface area contributed by atoms with Crippen LogP contribution in [0, 0.1) is 0 Å². The minimum atomic E-state index is -0.967. The van der Waals surface area contributed by atoms with Crippen molar-refractivity contribution in [2.45, 2.75) is 38.1 Å². The van der Waals surface area contributed by atoms with Crippen molar-refractivity contribution < 1.29 is 9.90 Å². The Bertz CT molecular complexity index is 678. The van der Waals surface area contributed by atoms with Gasteiger partial charge in [0.05, 0.1) is 16.6 Å². The number of hydrogen-bond acceptors (Lipinski definition) is 2. The summed E-state index contributed by atoms with van der Waals surface area (Å²) in [6.45, 7) is 0. The molecule has 0 spiro atoms. The van der Waals surface area contributed by atoms with E-state index in [2.05, 4.69) is 4.98 Å². The molecule has 0 unspecified atom stereocenters. The largest absolute Gasteiger partial charge is 0.478 e. The van der Waals surface area contributed by atoms with Gasteiger partial charge in [0.15, 0.2) is 0 Å². The van der Waals surface area contributed by atoms with E-state index in [-0.39, 0.29) is 17.3 Å². The highest BCUT2D eigenvalue weighted by molar-refractivity contribution is 5.92. The molecule has 1 heterocycles. The van der Waals surface area contributed by atoms with Gasteiger partial charge in [-0.1, -0.05) is 19.3 Å². The number of carboxylic acids is 1. The van der Waals surface area contributed by atoms with Crippen LogP contribution in [-0.4, -0.2) is 20.6 Å². The second-order valence-corrected chi connectivity index (χ2v) is 5.13. The second kappa shape index (κ2) is 4.57. The van der Waals surface area contributed by atoms with E-state index in [9.17, 15) is 9.59 Å². The maximum Gasteiger partial charge on any atom is 0.335 e. The SMILES string of the molecule is O=C(O)c1ccc2[nH]c(=O)n(C3CCCCC3)c2c1. The molecule has 1 fully saturated rings. The predicted molar refractivity (Wildman–Crippen MR) is 71.6 cm³/mol. The molecule has 2 aromatic rings. The summed E-state index contributed by atoms with van der Waals surface area (Å²) in [5.41, 5.74) is 1.50. The summed E-state index contributed by atoms with van der Waals surface area (Å²) in [4.78, 5) is 25.9. The number of rotatable bonds is 2. The number of carbonyl (C=O) groups is 1. The smallest absolute Gasteiger partial charge is 0.335 e. The monoisotopic (exact) mass is 260 g/mol. The number of carboxylic acid groups (broad SMARTS) is 1. The lowest BCUT2D eigenvalue weighted by Crippen LogP contribution is -2.24. The van der Waals surface area contributed by atoms with E-state index in [1.807, 2.05) is 0 Å². The first-order chi connectivity index (χ1) is 9.16. The van der Waals surface area contributed by atoms with Crippen LogP contribution in [0.25, 0.3) is 11.0 Å². The number of hydrogen-bond donors (Lipinski definition) is 2. The van der Waals surface area contributed by atoms with E-state index in [0.29, 0.717) is 11.0 Å². The number of nitrogens with one attached hydrogen (secondary N) is 1. The van der Waals surface area contributed by atoms with Gasteiger partial charge in [0, 0.05) is 6.04 Å². The Kier molecular flexibility index (Phi) is 2.89. The molecule has 2 N–H and O–H groups in total. The summed E-state index contributed by atoms with van der Waals surface area (Å²) < 4.78 is 1.74. The molecular formula is C14H16N2O3. The fourth-order valence-electron chi connectivity index (χ4n) is 2.96. The second-order valence-electron chi connectivity index (χ2n) is 5.13. The molecule has 1 aliphatic carbocycles. The lowest BCUT2D eigenvalue weighted by Gasteiger charge is -2.22. The summed E-state index contributed by atoms with van der Waals surface area (Å²) in [5.74, 6) is -0.967. The average molecular weight is 260 g/mol. The first kappa shape index (κ1) is 12.0. The number of nitrogens with zero attached hydrogens (tertiary/aromatic N) is 1. The van der Waals surface area contributed by atoms with Gasteiger partial charge >= 0.3 is 11.7 Å². The number of benzene rings is 1. The van der Waals surface area contributed by atoms with Crippen molar-refractivity contribution in [2.75, 3.05) is 0 Å². The number of imidazole rings is 1. The van der Waals surface area contributed by atoms with Gasteiger partial charge in [0.1, 0.15) is 0 Å². The van der Waals surface area contributed by atoms with Gasteiger partial charge in [-0.2, -0.15) is 0 Å². The Morgan fingerprint density at radius 1 is 1.26 bits per heavy atom. The lowest BCUT2D eigenvalue weighted by atomic mass is 9.95. The van der Waals surface area contributed by atoms with E-state index in [1.54, 1.807) is 16.7 Å². The third kappa shape index (κ3) is 2.05. The Balaban J connectivity index is 2.16. The van der Waals surface area contributed by atoms with Crippen molar-refractivity contribution >= 4 is 17.0 Å². The molecular weight excluding hydrogens is 244 g/mol. The van der Waals surface area contributed by atoms with E-state index in [4.69, 9.17) is 5.11 Å². The van der Waals surface area contributed by atoms with Crippen LogP contribution in [-0.2, 0) is 0 Å². The normalized spacial score (nSPS) is 16.8. The molecule has 0 atom stereocenters. The van der Waals surface area contributed by atoms with Gasteiger partial charge in [-0.15, -0.1) is 0 Å². The van der Waals surface area contributed by atoms with Crippen LogP contribution < -0.4 is 5.69 Å². The topological polar surface area (TPSA) is 75.1 Å². The zero-order chi connectivity index (χ0) is 13.4. The van der Waals surface area contributed by atoms with Gasteiger partial charge < -0.3 is 10.1 Å². The summed E-state index contributed by atoms with van der Waals surface area (Å²) in [6, 6.07) is 4.97. The Hall–Kier alpha value is -2.04. The van der Waals surface area contributed by atoms with Crippen LogP contribution in [0.1, 0.15) is 48.5 Å². The van der Waals surface area contributed by atoms with Crippen molar-refractivity contribution in [1.82, 2.24) is 9.55 Å². The molecule has 0 radical (unpaired) electrons. The van der Waals surface area contributed by atoms with Crippen LogP contribution in [0.15, 0.2) is 23.0 Å². The molecule has 1 aromatic carbocycles. The molecule has 100 valence electrons. The maximum atomic E-state index is 12.1. The van der Waals surface area contributed by atoms with Gasteiger partial charge in [-0.25, -0.2) is 9.59 Å². The van der Waals surface area contributed by atoms with Crippen LogP contribution in [0.5, 0.6) is 0 Å². The fourth-order valence-corrected chi connectivity index (χ4v) is 2.96. The fraction of sp³-hybridized carbons (Fsp3) is 0.429. The lowest BCUT2D eigenvalue weighted by molar-refractivity contribution is 0.0697. The minimum absolute atomic E-state index is 0.135. The van der Waals surface area contributed by atoms with E-state index < -0.39 is 5.97 Å². The maximum absolute atomic E-state index is 12.1. The van der Waals surface area contributed by atoms with Gasteiger partial charge in [-0.05, 0) is 31.0 Å². The van der Waals surface area contributed by atoms with E-state index >= 15 is 0 Å². The summed E-state index contributed by atoms with van der Waals surface area (Å²) in [6.07, 6.45) is 5.45. The van der Waals surface area contributed by atoms with Gasteiger partial charge in [0.2, 0.25) is 0 Å². The average Bonchev–Trinajstić information content (AvgIpc) is 2.74. The third-order valence-corrected chi connectivity index (χ3v) is 3.90. The van der Waals surface area contributed by atoms with Crippen LogP contribution in [0.4, 0.5) is 0 Å². The molecule has 5 heteroatoms. The molecule has 0 amide bonds. The number of aromatic nitrogens is 2. The zero-order valence-electron chi connectivity index (χ0n) is 10.6. The predicted octanol–water partition coefficient (Wildman–Crippen LogP) is 2.53. The molecule has 0 bridgehead atoms. The molecule has 3 rings (SSSR count). The molecule has 0 aliphatic heterocycles. The quantitative estimate of drug-likeness (QED) is 0.871. The highest BCUT2D eigenvalue weighted by Gasteiger charge is 2.20. The first-order valence-electron chi connectivity index (χ1n) is 6.64. The highest BCUT2D eigenvalue weighted by Crippen LogP contribution is 2.29. The molecule has 0 saturated heterocycles. The van der Waals surface area contributed by atoms with Crippen LogP contribution in [0.3, 0.4) is 0 Å². The van der Waals surface area contributed by atoms with Crippen LogP contribution >= 0.6 is 0 Å². The molecule has 1 aromatic heterocycles. The molecule has 5 nitrogen and oxygen atoms in total. The molecule has 19 heavy (non-hydrogen) atoms. The Labute approximate surface area is 109 Å². The number of aromatic amines is 1. The van der Waals surface area contributed by atoms with E-state index in [1.165, 1.54) is 12.5 Å². The van der Waals surface area contributed by atoms with Gasteiger partial charge in [0.25, 0.3) is 0 Å². The van der Waals surface area contributed by atoms with E-state index in [0.717, 1.165) is 25.7 Å². The standard InChI is InChI=1S/C14H16N2O3/c17-13(18)9-6-7-11-12(8-9)16(14(19)15-11)10-4-2-1-3-5-10/h6-8,10H,1-5H2,(H,15,19)(H,17,18). The summed E-state index contributed by atoms with van der Waals surface area (Å²) in [7, 11) is 0. The van der Waals surface area contributed by atoms with Gasteiger partial charge in [-0.3, -0.25) is 4.57 Å². The summed E-state index contributed by atoms with van der Waals surface area (Å²) >= 11 is 0. The third-order valence-electron chi connectivity index (χ3n) is 3.90. The Morgan fingerprint density at radius 2 is 2.00 bits per heavy atom. The number of aromatic carboxylic acids is 1.